The number of amides is 1. The average Bonchev–Trinajstić information content (AvgIpc) is 3.08. The number of hydrogen-bond donors (Lipinski definition) is 1. The first kappa shape index (κ1) is 22.6. The summed E-state index contributed by atoms with van der Waals surface area (Å²) in [7, 11) is -1.50. The largest absolute Gasteiger partial charge is 0.342 e. The maximum absolute atomic E-state index is 13.2. The molecule has 1 atom stereocenters. The Hall–Kier alpha value is -2.58. The number of hydrogen-bond acceptors (Lipinski definition) is 4. The lowest BCUT2D eigenvalue weighted by Gasteiger charge is -2.29. The van der Waals surface area contributed by atoms with Gasteiger partial charge in [0, 0.05) is 19.2 Å². The minimum absolute atomic E-state index is 0.0852. The molecule has 3 aromatic rings. The highest BCUT2D eigenvalue weighted by Gasteiger charge is 2.29. The van der Waals surface area contributed by atoms with Gasteiger partial charge in [-0.1, -0.05) is 37.6 Å². The Balaban J connectivity index is 1.65. The molecule has 1 aliphatic rings. The zero-order chi connectivity index (χ0) is 23.0. The van der Waals surface area contributed by atoms with Gasteiger partial charge in [-0.3, -0.25) is 9.10 Å². The Kier molecular flexibility index (Phi) is 6.18. The predicted molar refractivity (Wildman–Crippen MR) is 128 cm³/mol. The Morgan fingerprint density at radius 1 is 1.16 bits per heavy atom. The molecular formula is C23H27ClN4O3S. The van der Waals surface area contributed by atoms with Crippen molar-refractivity contribution in [2.24, 2.45) is 13.0 Å². The van der Waals surface area contributed by atoms with E-state index in [-0.39, 0.29) is 23.6 Å². The van der Waals surface area contributed by atoms with Gasteiger partial charge in [-0.25, -0.2) is 13.4 Å². The predicted octanol–water partition coefficient (Wildman–Crippen LogP) is 4.28. The van der Waals surface area contributed by atoms with Gasteiger partial charge in [0.15, 0.2) is 0 Å². The third kappa shape index (κ3) is 4.21. The topological polar surface area (TPSA) is 84.3 Å². The van der Waals surface area contributed by atoms with Gasteiger partial charge in [0.1, 0.15) is 5.82 Å². The monoisotopic (exact) mass is 474 g/mol. The molecule has 1 unspecified atom stereocenters. The number of imidazole rings is 1. The molecule has 0 radical (unpaired) electrons. The van der Waals surface area contributed by atoms with Gasteiger partial charge in [-0.05, 0) is 49.1 Å². The van der Waals surface area contributed by atoms with Gasteiger partial charge in [-0.2, -0.15) is 0 Å². The van der Waals surface area contributed by atoms with Crippen LogP contribution in [0.4, 0.5) is 5.69 Å². The second kappa shape index (κ2) is 8.75. The molecule has 1 aliphatic heterocycles. The normalized spacial score (nSPS) is 17.0. The Morgan fingerprint density at radius 3 is 2.59 bits per heavy atom. The average molecular weight is 475 g/mol. The molecule has 2 aromatic carbocycles. The van der Waals surface area contributed by atoms with E-state index in [2.05, 4.69) is 5.32 Å². The first-order valence-electron chi connectivity index (χ1n) is 10.7. The molecule has 1 fully saturated rings. The molecule has 1 aromatic heterocycles. The standard InChI is InChI=1S/C23H27ClN4O3S/c1-15(2)21(22-25-18-8-4-5-9-19(18)27(22)3)26-23(29)16-10-11-17(24)20(14-16)28-12-6-7-13-32(28,30)31/h4-5,8-11,14-15,21H,6-7,12-13H2,1-3H3,(H,26,29). The van der Waals surface area contributed by atoms with Crippen molar-refractivity contribution in [1.82, 2.24) is 14.9 Å². The first-order valence-corrected chi connectivity index (χ1v) is 12.7. The van der Waals surface area contributed by atoms with Crippen LogP contribution < -0.4 is 9.62 Å². The molecule has 0 bridgehead atoms. The summed E-state index contributed by atoms with van der Waals surface area (Å²) in [5.41, 5.74) is 2.57. The van der Waals surface area contributed by atoms with Gasteiger partial charge in [0.2, 0.25) is 10.0 Å². The van der Waals surface area contributed by atoms with Gasteiger partial charge in [-0.15, -0.1) is 0 Å². The van der Waals surface area contributed by atoms with Crippen molar-refractivity contribution >= 4 is 44.3 Å². The van der Waals surface area contributed by atoms with Crippen molar-refractivity contribution in [1.29, 1.82) is 0 Å². The number of halogens is 1. The van der Waals surface area contributed by atoms with Crippen LogP contribution in [-0.2, 0) is 17.1 Å². The van der Waals surface area contributed by atoms with Gasteiger partial charge >= 0.3 is 0 Å². The Labute approximate surface area is 193 Å². The van der Waals surface area contributed by atoms with Crippen molar-refractivity contribution < 1.29 is 13.2 Å². The number of benzene rings is 2. The molecule has 7 nitrogen and oxygen atoms in total. The van der Waals surface area contributed by atoms with Crippen molar-refractivity contribution in [2.75, 3.05) is 16.6 Å². The van der Waals surface area contributed by atoms with Crippen LogP contribution in [-0.4, -0.2) is 36.2 Å². The first-order chi connectivity index (χ1) is 15.2. The van der Waals surface area contributed by atoms with Gasteiger partial charge < -0.3 is 9.88 Å². The van der Waals surface area contributed by atoms with Gasteiger partial charge in [0.25, 0.3) is 5.91 Å². The van der Waals surface area contributed by atoms with Crippen LogP contribution in [0.2, 0.25) is 5.02 Å². The van der Waals surface area contributed by atoms with Crippen molar-refractivity contribution in [3.8, 4) is 0 Å². The van der Waals surface area contributed by atoms with E-state index in [1.54, 1.807) is 18.2 Å². The van der Waals surface area contributed by atoms with Crippen LogP contribution in [0.3, 0.4) is 0 Å². The van der Waals surface area contributed by atoms with E-state index in [9.17, 15) is 13.2 Å². The number of nitrogens with one attached hydrogen (secondary N) is 1. The maximum atomic E-state index is 13.2. The SMILES string of the molecule is CC(C)C(NC(=O)c1ccc(Cl)c(N2CCCCS2(=O)=O)c1)c1nc2ccccc2n1C. The highest BCUT2D eigenvalue weighted by Crippen LogP contribution is 2.32. The quantitative estimate of drug-likeness (QED) is 0.598. The van der Waals surface area contributed by atoms with E-state index in [0.29, 0.717) is 29.2 Å². The van der Waals surface area contributed by atoms with E-state index < -0.39 is 10.0 Å². The molecule has 1 amide bonds. The molecule has 170 valence electrons. The second-order valence-electron chi connectivity index (χ2n) is 8.47. The number of aryl methyl sites for hydroxylation is 1. The van der Waals surface area contributed by atoms with E-state index in [4.69, 9.17) is 16.6 Å². The lowest BCUT2D eigenvalue weighted by molar-refractivity contribution is 0.0922. The molecule has 1 saturated heterocycles. The number of rotatable bonds is 5. The number of anilines is 1. The minimum Gasteiger partial charge on any atom is -0.342 e. The molecule has 9 heteroatoms. The van der Waals surface area contributed by atoms with E-state index in [1.807, 2.05) is 49.7 Å². The molecule has 0 saturated carbocycles. The van der Waals surface area contributed by atoms with E-state index in [1.165, 1.54) is 4.31 Å². The number of aromatic nitrogens is 2. The summed E-state index contributed by atoms with van der Waals surface area (Å²) in [5.74, 6) is 0.635. The van der Waals surface area contributed by atoms with E-state index in [0.717, 1.165) is 23.3 Å². The second-order valence-corrected chi connectivity index (χ2v) is 10.9. The molecule has 0 spiro atoms. The molecule has 2 heterocycles. The smallest absolute Gasteiger partial charge is 0.251 e. The summed E-state index contributed by atoms with van der Waals surface area (Å²) in [5, 5.41) is 3.40. The van der Waals surface area contributed by atoms with Gasteiger partial charge in [0.05, 0.1) is 33.5 Å². The molecule has 4 rings (SSSR count). The maximum Gasteiger partial charge on any atom is 0.251 e. The zero-order valence-electron chi connectivity index (χ0n) is 18.4. The highest BCUT2D eigenvalue weighted by atomic mass is 35.5. The number of carbonyl (C=O) groups excluding carboxylic acids is 1. The number of carbonyl (C=O) groups is 1. The highest BCUT2D eigenvalue weighted by molar-refractivity contribution is 7.92. The van der Waals surface area contributed by atoms with Crippen molar-refractivity contribution in [3.63, 3.8) is 0 Å². The summed E-state index contributed by atoms with van der Waals surface area (Å²) in [4.78, 5) is 18.0. The van der Waals surface area contributed by atoms with Crippen LogP contribution in [0.15, 0.2) is 42.5 Å². The van der Waals surface area contributed by atoms with Crippen molar-refractivity contribution in [2.45, 2.75) is 32.7 Å². The molecule has 32 heavy (non-hydrogen) atoms. The summed E-state index contributed by atoms with van der Waals surface area (Å²) >= 11 is 6.33. The van der Waals surface area contributed by atoms with Crippen LogP contribution in [0.25, 0.3) is 11.0 Å². The third-order valence-corrected chi connectivity index (χ3v) is 8.05. The third-order valence-electron chi connectivity index (χ3n) is 5.88. The van der Waals surface area contributed by atoms with E-state index >= 15 is 0 Å². The molecule has 0 aliphatic carbocycles. The van der Waals surface area contributed by atoms with Crippen LogP contribution >= 0.6 is 11.6 Å². The van der Waals surface area contributed by atoms with Crippen LogP contribution in [0, 0.1) is 5.92 Å². The van der Waals surface area contributed by atoms with Crippen LogP contribution in [0.1, 0.15) is 48.9 Å². The number of nitrogens with zero attached hydrogens (tertiary/aromatic N) is 3. The summed E-state index contributed by atoms with van der Waals surface area (Å²) in [6, 6.07) is 12.3. The zero-order valence-corrected chi connectivity index (χ0v) is 19.9. The Morgan fingerprint density at radius 2 is 1.91 bits per heavy atom. The number of sulfonamides is 1. The minimum atomic E-state index is -3.44. The molecule has 1 N–H and O–H groups in total. The number of fused-ring (bicyclic) bond motifs is 1. The fourth-order valence-corrected chi connectivity index (χ4v) is 6.02. The fraction of sp³-hybridized carbons (Fsp3) is 0.391. The van der Waals surface area contributed by atoms with Crippen LogP contribution in [0.5, 0.6) is 0 Å². The Bertz CT molecular complexity index is 1270. The lowest BCUT2D eigenvalue weighted by Crippen LogP contribution is -2.38. The fourth-order valence-electron chi connectivity index (χ4n) is 4.10. The number of para-hydroxylation sites is 2. The van der Waals surface area contributed by atoms with Crippen molar-refractivity contribution in [3.05, 3.63) is 58.9 Å². The summed E-state index contributed by atoms with van der Waals surface area (Å²) < 4.78 is 28.4. The summed E-state index contributed by atoms with van der Waals surface area (Å²) in [6.07, 6.45) is 1.39. The molecular weight excluding hydrogens is 448 g/mol. The summed E-state index contributed by atoms with van der Waals surface area (Å²) in [6.45, 7) is 4.41. The lowest BCUT2D eigenvalue weighted by atomic mass is 10.0.